The summed E-state index contributed by atoms with van der Waals surface area (Å²) in [5, 5.41) is 0. The molecule has 1 rings (SSSR count). The summed E-state index contributed by atoms with van der Waals surface area (Å²) in [6.07, 6.45) is 0. The fourth-order valence-corrected chi connectivity index (χ4v) is 0.336. The van der Waals surface area contributed by atoms with Gasteiger partial charge in [0.15, 0.2) is 0 Å². The molecule has 1 fully saturated rings. The van der Waals surface area contributed by atoms with Crippen molar-refractivity contribution in [2.45, 2.75) is 0 Å². The lowest BCUT2D eigenvalue weighted by atomic mass is 10.7. The lowest BCUT2D eigenvalue weighted by Crippen LogP contribution is -2.12. The van der Waals surface area contributed by atoms with Crippen molar-refractivity contribution in [2.75, 3.05) is 65.6 Å². The van der Waals surface area contributed by atoms with Gasteiger partial charge in [0.25, 0.3) is 0 Å². The SMILES string of the molecule is [2H]C1([2H])OC([2H])([2H])C([2H])([2H])OC([2H])([2H])C([2H])([2H])OC([2H])([2H])C([2H])([2H])OC([2H])([2H])C([2H])([2H])OC1([2H])[2H]. The van der Waals surface area contributed by atoms with Crippen molar-refractivity contribution in [2.24, 2.45) is 0 Å². The van der Waals surface area contributed by atoms with Crippen LogP contribution >= 0.6 is 0 Å². The summed E-state index contributed by atoms with van der Waals surface area (Å²) >= 11 is 0. The van der Waals surface area contributed by atoms with E-state index in [4.69, 9.17) is 27.4 Å². The summed E-state index contributed by atoms with van der Waals surface area (Å²) in [6, 6.07) is 0. The third-order valence-corrected chi connectivity index (χ3v) is 0.719. The van der Waals surface area contributed by atoms with Crippen LogP contribution in [0.25, 0.3) is 0 Å². The van der Waals surface area contributed by atoms with E-state index in [0.717, 1.165) is 0 Å². The van der Waals surface area contributed by atoms with Crippen molar-refractivity contribution in [1.82, 2.24) is 0 Å². The first-order valence-electron chi connectivity index (χ1n) is 13.3. The first-order valence-corrected chi connectivity index (χ1v) is 3.29. The highest BCUT2D eigenvalue weighted by atomic mass is 16.6. The Bertz CT molecular complexity index is 580. The van der Waals surface area contributed by atoms with E-state index in [9.17, 15) is 0 Å². The fourth-order valence-electron chi connectivity index (χ4n) is 0.336. The number of rotatable bonds is 0. The summed E-state index contributed by atoms with van der Waals surface area (Å²) in [4.78, 5) is 0. The number of hydrogen-bond donors (Lipinski definition) is 0. The first-order chi connectivity index (χ1) is 14.8. The van der Waals surface area contributed by atoms with Gasteiger partial charge in [0.1, 0.15) is 0 Å². The number of hydrogen-bond acceptors (Lipinski definition) is 5. The minimum atomic E-state index is -4.22. The van der Waals surface area contributed by atoms with Crippen LogP contribution in [0.15, 0.2) is 0 Å². The van der Waals surface area contributed by atoms with Crippen LogP contribution in [0.5, 0.6) is 0 Å². The van der Waals surface area contributed by atoms with Crippen LogP contribution in [0.4, 0.5) is 0 Å². The Kier molecular flexibility index (Phi) is 1.60. The van der Waals surface area contributed by atoms with E-state index in [1.807, 2.05) is 0 Å². The second-order valence-electron chi connectivity index (χ2n) is 1.53. The van der Waals surface area contributed by atoms with Crippen molar-refractivity contribution < 1.29 is 51.1 Å². The van der Waals surface area contributed by atoms with E-state index >= 15 is 0 Å². The standard InChI is InChI=1S/C10H20O5/c1-2-12-5-6-14-9-10-15-8-7-13-4-3-11-1/h1-10H2/i1D2,2D2,3D2,4D2,5D2,6D2,7D2,8D2,9D2,10D2. The van der Waals surface area contributed by atoms with E-state index in [2.05, 4.69) is 23.7 Å². The van der Waals surface area contributed by atoms with E-state index in [0.29, 0.717) is 0 Å². The Hall–Kier alpha value is -0.200. The summed E-state index contributed by atoms with van der Waals surface area (Å²) in [5.74, 6) is 0. The van der Waals surface area contributed by atoms with E-state index in [1.165, 1.54) is 0 Å². The van der Waals surface area contributed by atoms with E-state index < -0.39 is 65.6 Å². The molecule has 0 atom stereocenters. The molecule has 0 amide bonds. The molecule has 0 aliphatic carbocycles. The molecule has 0 aromatic carbocycles. The molecule has 0 unspecified atom stereocenters. The summed E-state index contributed by atoms with van der Waals surface area (Å²) < 4.78 is 172. The minimum Gasteiger partial charge on any atom is -0.377 e. The highest BCUT2D eigenvalue weighted by Gasteiger charge is 1.95. The van der Waals surface area contributed by atoms with Crippen LogP contribution < -0.4 is 0 Å². The van der Waals surface area contributed by atoms with Crippen LogP contribution in [0.2, 0.25) is 0 Å². The molecule has 0 radical (unpaired) electrons. The highest BCUT2D eigenvalue weighted by molar-refractivity contribution is 4.37. The van der Waals surface area contributed by atoms with Gasteiger partial charge in [0.05, 0.1) is 93.0 Å². The molecule has 1 aliphatic rings. The molecule has 5 nitrogen and oxygen atoms in total. The third-order valence-electron chi connectivity index (χ3n) is 0.719. The van der Waals surface area contributed by atoms with Crippen molar-refractivity contribution in [3.05, 3.63) is 0 Å². The zero-order chi connectivity index (χ0) is 28.5. The highest BCUT2D eigenvalue weighted by Crippen LogP contribution is 1.85. The third kappa shape index (κ3) is 8.77. The Morgan fingerprint density at radius 1 is 0.400 bits per heavy atom. The van der Waals surface area contributed by atoms with E-state index in [1.54, 1.807) is 0 Å². The average molecular weight is 240 g/mol. The quantitative estimate of drug-likeness (QED) is 0.600. The molecule has 5 heteroatoms. The molecular formula is C10H20O5. The average Bonchev–Trinajstić information content (AvgIpc) is 2.47. The maximum absolute atomic E-state index is 7.58. The lowest BCUT2D eigenvalue weighted by molar-refractivity contribution is 0.00206. The summed E-state index contributed by atoms with van der Waals surface area (Å²) in [6.45, 7) is -42.2. The van der Waals surface area contributed by atoms with Gasteiger partial charge < -0.3 is 23.7 Å². The van der Waals surface area contributed by atoms with Crippen molar-refractivity contribution in [3.8, 4) is 0 Å². The smallest absolute Gasteiger partial charge is 0.0701 e. The molecule has 1 saturated heterocycles. The molecule has 90 valence electrons. The van der Waals surface area contributed by atoms with Gasteiger partial charge >= 0.3 is 0 Å². The van der Waals surface area contributed by atoms with Gasteiger partial charge in [-0.25, -0.2) is 0 Å². The van der Waals surface area contributed by atoms with Crippen LogP contribution in [-0.2, 0) is 23.7 Å². The molecule has 1 heterocycles. The maximum atomic E-state index is 7.58. The van der Waals surface area contributed by atoms with Gasteiger partial charge in [-0.2, -0.15) is 0 Å². The largest absolute Gasteiger partial charge is 0.377 e. The Labute approximate surface area is 119 Å². The second-order valence-corrected chi connectivity index (χ2v) is 1.53. The molecule has 0 N–H and O–H groups in total. The maximum Gasteiger partial charge on any atom is 0.0701 e. The Morgan fingerprint density at radius 2 is 0.533 bits per heavy atom. The molecule has 0 aromatic heterocycles. The molecule has 1 aliphatic heterocycles. The van der Waals surface area contributed by atoms with Crippen LogP contribution in [0.3, 0.4) is 0 Å². The Morgan fingerprint density at radius 3 is 0.667 bits per heavy atom. The van der Waals surface area contributed by atoms with Crippen molar-refractivity contribution in [3.63, 3.8) is 0 Å². The second kappa shape index (κ2) is 10.3. The zero-order valence-electron chi connectivity index (χ0n) is 27.0. The minimum absolute atomic E-state index is 4.10. The van der Waals surface area contributed by atoms with Gasteiger partial charge in [-0.05, 0) is 0 Å². The molecule has 15 heavy (non-hydrogen) atoms. The summed E-state index contributed by atoms with van der Waals surface area (Å²) in [5.41, 5.74) is 0. The Balaban J connectivity index is 3.85. The normalized spacial score (nSPS) is 77.3. The van der Waals surface area contributed by atoms with Gasteiger partial charge in [0.2, 0.25) is 0 Å². The van der Waals surface area contributed by atoms with Crippen LogP contribution in [0.1, 0.15) is 27.4 Å². The molecule has 0 spiro atoms. The monoisotopic (exact) mass is 240 g/mol. The predicted molar refractivity (Wildman–Crippen MR) is 54.1 cm³/mol. The van der Waals surface area contributed by atoms with Crippen molar-refractivity contribution >= 4 is 0 Å². The topological polar surface area (TPSA) is 46.2 Å². The lowest BCUT2D eigenvalue weighted by Gasteiger charge is -2.05. The van der Waals surface area contributed by atoms with Gasteiger partial charge in [-0.15, -0.1) is 0 Å². The van der Waals surface area contributed by atoms with Gasteiger partial charge in [0, 0.05) is 0 Å². The zero-order valence-corrected chi connectivity index (χ0v) is 7.04. The van der Waals surface area contributed by atoms with E-state index in [-0.39, 0.29) is 0 Å². The van der Waals surface area contributed by atoms with Gasteiger partial charge in [-0.1, -0.05) is 0 Å². The molecule has 0 aromatic rings. The number of ether oxygens (including phenoxy) is 5. The molecule has 0 saturated carbocycles. The van der Waals surface area contributed by atoms with Crippen LogP contribution in [-0.4, -0.2) is 65.6 Å². The molecular weight excluding hydrogens is 200 g/mol. The predicted octanol–water partition coefficient (Wildman–Crippen LogP) is 0.0830. The van der Waals surface area contributed by atoms with Gasteiger partial charge in [-0.3, -0.25) is 0 Å². The van der Waals surface area contributed by atoms with Crippen molar-refractivity contribution in [1.29, 1.82) is 0 Å². The summed E-state index contributed by atoms with van der Waals surface area (Å²) in [7, 11) is 0. The molecule has 0 bridgehead atoms. The van der Waals surface area contributed by atoms with Crippen LogP contribution in [0, 0.1) is 0 Å². The fraction of sp³-hybridized carbons (Fsp3) is 1.00. The first kappa shape index (κ1) is 2.33.